The average molecular weight is 185 g/mol. The smallest absolute Gasteiger partial charge is 0.205 e. The van der Waals surface area contributed by atoms with Gasteiger partial charge in [-0.1, -0.05) is 25.2 Å². The van der Waals surface area contributed by atoms with E-state index in [-0.39, 0.29) is 0 Å². The second-order valence-corrected chi connectivity index (χ2v) is 4.25. The molecule has 12 heavy (non-hydrogen) atoms. The molecule has 0 radical (unpaired) electrons. The summed E-state index contributed by atoms with van der Waals surface area (Å²) >= 11 is 1.55. The topological polar surface area (TPSA) is 37.8 Å². The second-order valence-electron chi connectivity index (χ2n) is 3.42. The van der Waals surface area contributed by atoms with Crippen LogP contribution in [0.2, 0.25) is 0 Å². The number of nitrogens with zero attached hydrogens (tertiary/aromatic N) is 2. The minimum absolute atomic E-state index is 0.484. The van der Waals surface area contributed by atoms with Gasteiger partial charge in [0.25, 0.3) is 0 Å². The Morgan fingerprint density at radius 1 is 1.50 bits per heavy atom. The van der Waals surface area contributed by atoms with Gasteiger partial charge in [0.15, 0.2) is 0 Å². The van der Waals surface area contributed by atoms with Crippen molar-refractivity contribution >= 4 is 16.5 Å². The molecule has 0 spiro atoms. The van der Waals surface area contributed by atoms with E-state index < -0.39 is 0 Å². The second kappa shape index (κ2) is 4.40. The number of hydrogen-bond donors (Lipinski definition) is 1. The van der Waals surface area contributed by atoms with E-state index in [1.807, 2.05) is 0 Å². The third kappa shape index (κ3) is 3.17. The van der Waals surface area contributed by atoms with E-state index in [0.29, 0.717) is 6.04 Å². The normalized spacial score (nSPS) is 13.3. The number of anilines is 1. The molecular formula is C8H15N3S. The summed E-state index contributed by atoms with van der Waals surface area (Å²) in [5, 5.41) is 11.9. The Bertz CT molecular complexity index is 208. The molecule has 0 amide bonds. The molecule has 0 bridgehead atoms. The summed E-state index contributed by atoms with van der Waals surface area (Å²) in [6.07, 6.45) is 1.17. The average Bonchev–Trinajstić information content (AvgIpc) is 2.37. The molecule has 0 aliphatic carbocycles. The van der Waals surface area contributed by atoms with Crippen molar-refractivity contribution < 1.29 is 0 Å². The lowest BCUT2D eigenvalue weighted by atomic mass is 10.1. The van der Waals surface area contributed by atoms with Crippen LogP contribution in [-0.2, 0) is 0 Å². The third-order valence-electron chi connectivity index (χ3n) is 1.55. The van der Waals surface area contributed by atoms with Crippen molar-refractivity contribution in [3.05, 3.63) is 5.51 Å². The summed E-state index contributed by atoms with van der Waals surface area (Å²) in [6.45, 7) is 6.61. The van der Waals surface area contributed by atoms with Gasteiger partial charge in [-0.15, -0.1) is 10.2 Å². The molecular weight excluding hydrogens is 170 g/mol. The van der Waals surface area contributed by atoms with Gasteiger partial charge in [-0.25, -0.2) is 0 Å². The van der Waals surface area contributed by atoms with Crippen LogP contribution in [0.3, 0.4) is 0 Å². The highest BCUT2D eigenvalue weighted by molar-refractivity contribution is 7.13. The largest absolute Gasteiger partial charge is 0.358 e. The van der Waals surface area contributed by atoms with Crippen LogP contribution in [0.15, 0.2) is 5.51 Å². The number of nitrogens with one attached hydrogen (secondary N) is 1. The van der Waals surface area contributed by atoms with Crippen molar-refractivity contribution in [2.24, 2.45) is 5.92 Å². The highest BCUT2D eigenvalue weighted by atomic mass is 32.1. The molecule has 1 unspecified atom stereocenters. The monoisotopic (exact) mass is 185 g/mol. The maximum Gasteiger partial charge on any atom is 0.205 e. The van der Waals surface area contributed by atoms with Gasteiger partial charge in [-0.3, -0.25) is 0 Å². The van der Waals surface area contributed by atoms with Crippen LogP contribution in [-0.4, -0.2) is 16.2 Å². The SMILES string of the molecule is CC(C)CC(C)Nc1nncs1. The van der Waals surface area contributed by atoms with Crippen molar-refractivity contribution in [1.29, 1.82) is 0 Å². The van der Waals surface area contributed by atoms with Crippen molar-refractivity contribution in [2.75, 3.05) is 5.32 Å². The Kier molecular flexibility index (Phi) is 3.47. The van der Waals surface area contributed by atoms with E-state index in [4.69, 9.17) is 0 Å². The molecule has 1 heterocycles. The van der Waals surface area contributed by atoms with Crippen LogP contribution < -0.4 is 5.32 Å². The fourth-order valence-corrected chi connectivity index (χ4v) is 1.77. The molecule has 0 aromatic carbocycles. The van der Waals surface area contributed by atoms with E-state index in [2.05, 4.69) is 36.3 Å². The molecule has 1 N–H and O–H groups in total. The van der Waals surface area contributed by atoms with Crippen molar-refractivity contribution in [1.82, 2.24) is 10.2 Å². The first kappa shape index (κ1) is 9.45. The molecule has 1 aromatic rings. The Balaban J connectivity index is 2.32. The summed E-state index contributed by atoms with van der Waals surface area (Å²) in [5.41, 5.74) is 1.74. The zero-order valence-electron chi connectivity index (χ0n) is 7.74. The summed E-state index contributed by atoms with van der Waals surface area (Å²) in [4.78, 5) is 0. The van der Waals surface area contributed by atoms with Crippen LogP contribution in [0.5, 0.6) is 0 Å². The first-order valence-corrected chi connectivity index (χ1v) is 5.09. The van der Waals surface area contributed by atoms with Crippen molar-refractivity contribution in [2.45, 2.75) is 33.2 Å². The summed E-state index contributed by atoms with van der Waals surface area (Å²) < 4.78 is 0. The molecule has 0 aliphatic heterocycles. The summed E-state index contributed by atoms with van der Waals surface area (Å²) in [5.74, 6) is 0.723. The lowest BCUT2D eigenvalue weighted by Crippen LogP contribution is -2.17. The summed E-state index contributed by atoms with van der Waals surface area (Å²) in [7, 11) is 0. The molecule has 0 aliphatic rings. The highest BCUT2D eigenvalue weighted by Crippen LogP contribution is 2.13. The van der Waals surface area contributed by atoms with Gasteiger partial charge in [-0.2, -0.15) is 0 Å². The van der Waals surface area contributed by atoms with Gasteiger partial charge < -0.3 is 5.32 Å². The third-order valence-corrected chi connectivity index (χ3v) is 2.18. The van der Waals surface area contributed by atoms with E-state index >= 15 is 0 Å². The van der Waals surface area contributed by atoms with Gasteiger partial charge in [-0.05, 0) is 19.3 Å². The molecule has 1 rings (SSSR count). The minimum Gasteiger partial charge on any atom is -0.358 e. The maximum atomic E-state index is 3.92. The van der Waals surface area contributed by atoms with E-state index in [9.17, 15) is 0 Å². The van der Waals surface area contributed by atoms with Crippen LogP contribution in [0.1, 0.15) is 27.2 Å². The predicted molar refractivity (Wildman–Crippen MR) is 52.4 cm³/mol. The Morgan fingerprint density at radius 3 is 2.75 bits per heavy atom. The van der Waals surface area contributed by atoms with E-state index in [0.717, 1.165) is 11.0 Å². The number of hydrogen-bond acceptors (Lipinski definition) is 4. The Morgan fingerprint density at radius 2 is 2.25 bits per heavy atom. The number of rotatable bonds is 4. The molecule has 1 atom stereocenters. The quantitative estimate of drug-likeness (QED) is 0.782. The van der Waals surface area contributed by atoms with Gasteiger partial charge in [0, 0.05) is 6.04 Å². The van der Waals surface area contributed by atoms with Gasteiger partial charge in [0.1, 0.15) is 5.51 Å². The zero-order chi connectivity index (χ0) is 8.97. The molecule has 4 heteroatoms. The van der Waals surface area contributed by atoms with Gasteiger partial charge >= 0.3 is 0 Å². The number of aromatic nitrogens is 2. The first-order valence-electron chi connectivity index (χ1n) is 4.21. The van der Waals surface area contributed by atoms with Gasteiger partial charge in [0.2, 0.25) is 5.13 Å². The minimum atomic E-state index is 0.484. The highest BCUT2D eigenvalue weighted by Gasteiger charge is 2.05. The fraction of sp³-hybridized carbons (Fsp3) is 0.750. The summed E-state index contributed by atoms with van der Waals surface area (Å²) in [6, 6.07) is 0.484. The Labute approximate surface area is 77.2 Å². The van der Waals surface area contributed by atoms with Crippen molar-refractivity contribution in [3.8, 4) is 0 Å². The molecule has 0 fully saturated rings. The van der Waals surface area contributed by atoms with E-state index in [1.54, 1.807) is 16.8 Å². The zero-order valence-corrected chi connectivity index (χ0v) is 8.56. The fourth-order valence-electron chi connectivity index (χ4n) is 1.21. The Hall–Kier alpha value is -0.640. The molecule has 0 saturated carbocycles. The standard InChI is InChI=1S/C8H15N3S/c1-6(2)4-7(3)10-8-11-9-5-12-8/h5-7H,4H2,1-3H3,(H,10,11). The predicted octanol–water partition coefficient (Wildman–Crippen LogP) is 2.38. The first-order chi connectivity index (χ1) is 5.68. The van der Waals surface area contributed by atoms with Crippen LogP contribution in [0, 0.1) is 5.92 Å². The van der Waals surface area contributed by atoms with Crippen LogP contribution >= 0.6 is 11.3 Å². The van der Waals surface area contributed by atoms with Crippen molar-refractivity contribution in [3.63, 3.8) is 0 Å². The van der Waals surface area contributed by atoms with Crippen LogP contribution in [0.25, 0.3) is 0 Å². The molecule has 68 valence electrons. The van der Waals surface area contributed by atoms with Gasteiger partial charge in [0.05, 0.1) is 0 Å². The maximum absolute atomic E-state index is 3.92. The lowest BCUT2D eigenvalue weighted by Gasteiger charge is -2.14. The molecule has 3 nitrogen and oxygen atoms in total. The molecule has 1 aromatic heterocycles. The lowest BCUT2D eigenvalue weighted by molar-refractivity contribution is 0.539. The van der Waals surface area contributed by atoms with E-state index in [1.165, 1.54) is 6.42 Å². The van der Waals surface area contributed by atoms with Crippen LogP contribution in [0.4, 0.5) is 5.13 Å². The molecule has 0 saturated heterocycles.